The number of carbonyl (C=O) groups is 1. The van der Waals surface area contributed by atoms with Gasteiger partial charge in [0.15, 0.2) is 5.69 Å². The van der Waals surface area contributed by atoms with Crippen LogP contribution in [0.3, 0.4) is 0 Å². The highest BCUT2D eigenvalue weighted by Crippen LogP contribution is 2.46. The molecule has 1 aliphatic heterocycles. The lowest BCUT2D eigenvalue weighted by Gasteiger charge is -2.30. The number of amides is 1. The Morgan fingerprint density at radius 3 is 2.65 bits per heavy atom. The summed E-state index contributed by atoms with van der Waals surface area (Å²) >= 11 is 7.60. The number of halogens is 1. The number of carbonyl (C=O) groups excluding carboxylic acids is 1. The van der Waals surface area contributed by atoms with Gasteiger partial charge >= 0.3 is 0 Å². The Morgan fingerprint density at radius 1 is 1.16 bits per heavy atom. The number of benzene rings is 2. The van der Waals surface area contributed by atoms with E-state index in [-0.39, 0.29) is 11.8 Å². The Kier molecular flexibility index (Phi) is 5.88. The van der Waals surface area contributed by atoms with Gasteiger partial charge in [0.2, 0.25) is 23.2 Å². The number of fused-ring (bicyclic) bond motifs is 3. The van der Waals surface area contributed by atoms with E-state index in [4.69, 9.17) is 25.8 Å². The summed E-state index contributed by atoms with van der Waals surface area (Å²) < 4.78 is 17.2. The smallest absolute Gasteiger partial charge is 0.247 e. The summed E-state index contributed by atoms with van der Waals surface area (Å²) in [6, 6.07) is 10.5. The molecule has 31 heavy (non-hydrogen) atoms. The number of ether oxygens (including phenoxy) is 3. The molecule has 3 aromatic rings. The number of nitrogens with zero attached hydrogens (tertiary/aromatic N) is 4. The summed E-state index contributed by atoms with van der Waals surface area (Å²) in [5.74, 6) is 1.12. The average molecular weight is 459 g/mol. The van der Waals surface area contributed by atoms with Crippen LogP contribution in [0.2, 0.25) is 5.02 Å². The van der Waals surface area contributed by atoms with Gasteiger partial charge in [0, 0.05) is 23.6 Å². The quantitative estimate of drug-likeness (QED) is 0.532. The largest absolute Gasteiger partial charge is 0.497 e. The third-order valence-corrected chi connectivity index (χ3v) is 5.57. The van der Waals surface area contributed by atoms with Crippen molar-refractivity contribution in [1.29, 1.82) is 0 Å². The molecule has 1 aromatic heterocycles. The van der Waals surface area contributed by atoms with Crippen LogP contribution >= 0.6 is 23.4 Å². The fourth-order valence-electron chi connectivity index (χ4n) is 3.39. The molecule has 8 nitrogen and oxygen atoms in total. The van der Waals surface area contributed by atoms with Crippen molar-refractivity contribution < 1.29 is 19.0 Å². The second-order valence-corrected chi connectivity index (χ2v) is 7.79. The molecule has 0 saturated heterocycles. The number of anilines is 1. The van der Waals surface area contributed by atoms with E-state index in [0.29, 0.717) is 44.2 Å². The molecule has 1 atom stereocenters. The molecule has 1 amide bonds. The lowest BCUT2D eigenvalue weighted by atomic mass is 10.1. The first-order valence-corrected chi connectivity index (χ1v) is 10.8. The molecular formula is C21H19ClN4O4S. The molecule has 0 radical (unpaired) electrons. The van der Waals surface area contributed by atoms with E-state index >= 15 is 0 Å². The van der Waals surface area contributed by atoms with Crippen LogP contribution in [0.25, 0.3) is 11.3 Å². The van der Waals surface area contributed by atoms with Gasteiger partial charge in [-0.3, -0.25) is 9.69 Å². The van der Waals surface area contributed by atoms with E-state index in [2.05, 4.69) is 15.2 Å². The Hall–Kier alpha value is -3.04. The van der Waals surface area contributed by atoms with Crippen LogP contribution in [0, 0.1) is 0 Å². The van der Waals surface area contributed by atoms with E-state index in [9.17, 15) is 4.79 Å². The Morgan fingerprint density at radius 2 is 1.97 bits per heavy atom. The van der Waals surface area contributed by atoms with Crippen molar-refractivity contribution in [1.82, 2.24) is 15.2 Å². The highest BCUT2D eigenvalue weighted by Gasteiger charge is 2.36. The Balaban J connectivity index is 2.00. The van der Waals surface area contributed by atoms with E-state index in [1.807, 2.05) is 6.26 Å². The molecule has 4 rings (SSSR count). The van der Waals surface area contributed by atoms with Gasteiger partial charge in [0.1, 0.15) is 11.5 Å². The van der Waals surface area contributed by atoms with Crippen LogP contribution < -0.4 is 19.1 Å². The van der Waals surface area contributed by atoms with Gasteiger partial charge in [-0.1, -0.05) is 23.4 Å². The van der Waals surface area contributed by atoms with E-state index < -0.39 is 6.23 Å². The third kappa shape index (κ3) is 3.86. The summed E-state index contributed by atoms with van der Waals surface area (Å²) in [5.41, 5.74) is 2.19. The van der Waals surface area contributed by atoms with E-state index in [1.165, 1.54) is 23.6 Å². The second kappa shape index (κ2) is 8.60. The molecule has 10 heteroatoms. The predicted octanol–water partition coefficient (Wildman–Crippen LogP) is 4.38. The minimum absolute atomic E-state index is 0.239. The third-order valence-electron chi connectivity index (χ3n) is 4.79. The van der Waals surface area contributed by atoms with E-state index in [1.54, 1.807) is 50.6 Å². The molecule has 0 spiro atoms. The zero-order valence-electron chi connectivity index (χ0n) is 17.2. The van der Waals surface area contributed by atoms with Gasteiger partial charge in [0.25, 0.3) is 0 Å². The standard InChI is InChI=1S/C21H19ClN4O4S/c1-11(27)26-16-8-5-12(22)9-15(16)18-19(23-21(31-4)25-24-18)30-20(26)14-7-6-13(28-2)10-17(14)29-3/h5-10,20H,1-4H3. The summed E-state index contributed by atoms with van der Waals surface area (Å²) in [6.45, 7) is 1.47. The number of methoxy groups -OCH3 is 2. The topological polar surface area (TPSA) is 86.7 Å². The molecule has 0 saturated carbocycles. The summed E-state index contributed by atoms with van der Waals surface area (Å²) in [5, 5.41) is 9.39. The molecular weight excluding hydrogens is 440 g/mol. The highest BCUT2D eigenvalue weighted by atomic mass is 35.5. The fourth-order valence-corrected chi connectivity index (χ4v) is 3.86. The van der Waals surface area contributed by atoms with Crippen LogP contribution in [-0.4, -0.2) is 41.6 Å². The zero-order valence-corrected chi connectivity index (χ0v) is 18.8. The SMILES string of the molecule is COc1ccc(C2Oc3nc(SC)nnc3-c3cc(Cl)ccc3N2C(C)=O)c(OC)c1. The van der Waals surface area contributed by atoms with Crippen molar-refractivity contribution in [2.75, 3.05) is 25.4 Å². The maximum absolute atomic E-state index is 12.9. The van der Waals surface area contributed by atoms with E-state index in [0.717, 1.165) is 0 Å². The molecule has 0 aliphatic carbocycles. The van der Waals surface area contributed by atoms with Gasteiger partial charge in [0.05, 0.1) is 25.5 Å². The van der Waals surface area contributed by atoms with Crippen molar-refractivity contribution in [3.05, 3.63) is 47.0 Å². The monoisotopic (exact) mass is 458 g/mol. The van der Waals surface area contributed by atoms with Crippen molar-refractivity contribution in [2.24, 2.45) is 0 Å². The number of thioether (sulfide) groups is 1. The molecule has 160 valence electrons. The Bertz CT molecular complexity index is 1160. The second-order valence-electron chi connectivity index (χ2n) is 6.58. The predicted molar refractivity (Wildman–Crippen MR) is 118 cm³/mol. The molecule has 2 aromatic carbocycles. The fraction of sp³-hybridized carbons (Fsp3) is 0.238. The zero-order chi connectivity index (χ0) is 22.1. The van der Waals surface area contributed by atoms with Gasteiger partial charge in [-0.05, 0) is 36.6 Å². The Labute approximate surface area is 188 Å². The number of hydrogen-bond donors (Lipinski definition) is 0. The lowest BCUT2D eigenvalue weighted by molar-refractivity contribution is -0.118. The van der Waals surface area contributed by atoms with Crippen LogP contribution in [-0.2, 0) is 4.79 Å². The van der Waals surface area contributed by atoms with Gasteiger partial charge in [-0.25, -0.2) is 0 Å². The van der Waals surface area contributed by atoms with Crippen LogP contribution in [0.1, 0.15) is 18.7 Å². The molecule has 2 heterocycles. The molecule has 1 unspecified atom stereocenters. The number of aromatic nitrogens is 3. The first-order chi connectivity index (χ1) is 15.0. The van der Waals surface area contributed by atoms with Crippen molar-refractivity contribution in [3.8, 4) is 28.6 Å². The lowest BCUT2D eigenvalue weighted by Crippen LogP contribution is -2.36. The van der Waals surface area contributed by atoms with Crippen molar-refractivity contribution in [3.63, 3.8) is 0 Å². The van der Waals surface area contributed by atoms with Gasteiger partial charge in [-0.2, -0.15) is 4.98 Å². The minimum Gasteiger partial charge on any atom is -0.497 e. The van der Waals surface area contributed by atoms with Crippen LogP contribution in [0.15, 0.2) is 41.6 Å². The van der Waals surface area contributed by atoms with Crippen molar-refractivity contribution in [2.45, 2.75) is 18.3 Å². The normalized spacial score (nSPS) is 14.7. The summed E-state index contributed by atoms with van der Waals surface area (Å²) in [4.78, 5) is 18.9. The summed E-state index contributed by atoms with van der Waals surface area (Å²) in [7, 11) is 3.12. The number of rotatable bonds is 4. The first-order valence-electron chi connectivity index (χ1n) is 9.23. The molecule has 0 N–H and O–H groups in total. The van der Waals surface area contributed by atoms with Crippen molar-refractivity contribution >= 4 is 35.0 Å². The number of hydrogen-bond acceptors (Lipinski definition) is 8. The molecule has 1 aliphatic rings. The van der Waals surface area contributed by atoms with Gasteiger partial charge < -0.3 is 14.2 Å². The first kappa shape index (κ1) is 21.2. The summed E-state index contributed by atoms with van der Waals surface area (Å²) in [6.07, 6.45) is 0.975. The average Bonchev–Trinajstić information content (AvgIpc) is 2.92. The van der Waals surface area contributed by atoms with Gasteiger partial charge in [-0.15, -0.1) is 10.2 Å². The molecule has 0 bridgehead atoms. The van der Waals surface area contributed by atoms with Crippen LogP contribution in [0.4, 0.5) is 5.69 Å². The highest BCUT2D eigenvalue weighted by molar-refractivity contribution is 7.98. The maximum Gasteiger partial charge on any atom is 0.247 e. The maximum atomic E-state index is 12.9. The van der Waals surface area contributed by atoms with Crippen LogP contribution in [0.5, 0.6) is 17.4 Å². The molecule has 0 fully saturated rings. The minimum atomic E-state index is -0.870.